The minimum Gasteiger partial charge on any atom is -0.461 e. The Labute approximate surface area is 202 Å². The second-order valence-corrected chi connectivity index (χ2v) is 8.01. The van der Waals surface area contributed by atoms with Gasteiger partial charge in [-0.05, 0) is 27.7 Å². The van der Waals surface area contributed by atoms with Crippen LogP contribution in [0.25, 0.3) is 0 Å². The van der Waals surface area contributed by atoms with Crippen molar-refractivity contribution in [1.82, 2.24) is 29.4 Å². The minimum atomic E-state index is -0.612. The lowest BCUT2D eigenvalue weighted by Crippen LogP contribution is -2.52. The van der Waals surface area contributed by atoms with Crippen LogP contribution in [0, 0.1) is 6.92 Å². The number of ether oxygens (including phenoxy) is 2. The summed E-state index contributed by atoms with van der Waals surface area (Å²) in [6.45, 7) is 8.98. The molecule has 2 aromatic heterocycles. The lowest BCUT2D eigenvalue weighted by Gasteiger charge is -2.35. The zero-order valence-corrected chi connectivity index (χ0v) is 20.6. The van der Waals surface area contributed by atoms with Gasteiger partial charge in [-0.25, -0.2) is 9.59 Å². The fourth-order valence-electron chi connectivity index (χ4n) is 3.66. The van der Waals surface area contributed by atoms with Crippen LogP contribution in [0.4, 0.5) is 10.5 Å². The van der Waals surface area contributed by atoms with Crippen molar-refractivity contribution in [2.45, 2.75) is 33.7 Å². The van der Waals surface area contributed by atoms with Gasteiger partial charge in [-0.2, -0.15) is 10.2 Å². The fourth-order valence-corrected chi connectivity index (χ4v) is 3.66. The van der Waals surface area contributed by atoms with Gasteiger partial charge in [-0.3, -0.25) is 19.0 Å². The smallest absolute Gasteiger partial charge is 0.409 e. The number of hydrogen-bond acceptors (Lipinski definition) is 8. The summed E-state index contributed by atoms with van der Waals surface area (Å²) in [5.74, 6) is -1.23. The molecule has 0 radical (unpaired) electrons. The van der Waals surface area contributed by atoms with Crippen LogP contribution in [0.5, 0.6) is 0 Å². The van der Waals surface area contributed by atoms with Gasteiger partial charge in [0.15, 0.2) is 5.69 Å². The summed E-state index contributed by atoms with van der Waals surface area (Å²) < 4.78 is 12.8. The zero-order chi connectivity index (χ0) is 25.7. The Bertz CT molecular complexity index is 1100. The van der Waals surface area contributed by atoms with Crippen molar-refractivity contribution in [3.63, 3.8) is 0 Å². The predicted octanol–water partition coefficient (Wildman–Crippen LogP) is 1.22. The van der Waals surface area contributed by atoms with E-state index < -0.39 is 17.9 Å². The van der Waals surface area contributed by atoms with Crippen molar-refractivity contribution in [3.8, 4) is 0 Å². The molecule has 13 heteroatoms. The number of amides is 3. The Morgan fingerprint density at radius 1 is 1.03 bits per heavy atom. The zero-order valence-electron chi connectivity index (χ0n) is 20.6. The summed E-state index contributed by atoms with van der Waals surface area (Å²) in [6.07, 6.45) is 1.21. The van der Waals surface area contributed by atoms with Gasteiger partial charge in [-0.15, -0.1) is 0 Å². The van der Waals surface area contributed by atoms with E-state index in [0.29, 0.717) is 44.2 Å². The molecule has 13 nitrogen and oxygen atoms in total. The summed E-state index contributed by atoms with van der Waals surface area (Å²) in [6, 6.07) is 0.744. The van der Waals surface area contributed by atoms with Crippen LogP contribution >= 0.6 is 0 Å². The van der Waals surface area contributed by atoms with Crippen molar-refractivity contribution < 1.29 is 28.7 Å². The molecule has 1 aliphatic heterocycles. The third-order valence-electron chi connectivity index (χ3n) is 5.63. The van der Waals surface area contributed by atoms with Crippen LogP contribution in [0.15, 0.2) is 12.3 Å². The van der Waals surface area contributed by atoms with E-state index in [1.165, 1.54) is 15.4 Å². The summed E-state index contributed by atoms with van der Waals surface area (Å²) in [5, 5.41) is 11.2. The van der Waals surface area contributed by atoms with E-state index in [2.05, 4.69) is 15.5 Å². The van der Waals surface area contributed by atoms with E-state index >= 15 is 0 Å². The Kier molecular flexibility index (Phi) is 8.10. The number of esters is 1. The SMILES string of the molecule is CCOC(=O)c1cc(C(=O)Nc2cn(C(C)C(=O)N3CCN(C(=O)OCC)CC3)nc2C)nn1C. The van der Waals surface area contributed by atoms with Crippen molar-refractivity contribution >= 4 is 29.6 Å². The van der Waals surface area contributed by atoms with Crippen LogP contribution in [0.1, 0.15) is 53.5 Å². The second kappa shape index (κ2) is 11.0. The minimum absolute atomic E-state index is 0.0475. The predicted molar refractivity (Wildman–Crippen MR) is 124 cm³/mol. The molecule has 0 aliphatic carbocycles. The molecule has 1 aliphatic rings. The molecule has 0 saturated carbocycles. The Morgan fingerprint density at radius 3 is 2.29 bits per heavy atom. The molecule has 0 aromatic carbocycles. The number of anilines is 1. The standard InChI is InChI=1S/C22H31N7O6/c1-6-34-21(32)18-12-16(25-26(18)5)19(30)23-17-13-29(24-14(17)3)15(4)20(31)27-8-10-28(11-9-27)22(33)35-7-2/h12-13,15H,6-11H2,1-5H3,(H,23,30). The molecule has 0 bridgehead atoms. The molecule has 1 unspecified atom stereocenters. The lowest BCUT2D eigenvalue weighted by molar-refractivity contribution is -0.136. The molecule has 1 saturated heterocycles. The molecule has 1 fully saturated rings. The molecular weight excluding hydrogens is 458 g/mol. The maximum Gasteiger partial charge on any atom is 0.409 e. The Hall–Kier alpha value is -3.90. The second-order valence-electron chi connectivity index (χ2n) is 8.01. The van der Waals surface area contributed by atoms with Gasteiger partial charge in [0.2, 0.25) is 5.91 Å². The van der Waals surface area contributed by atoms with Crippen molar-refractivity contribution in [3.05, 3.63) is 29.3 Å². The highest BCUT2D eigenvalue weighted by Crippen LogP contribution is 2.19. The summed E-state index contributed by atoms with van der Waals surface area (Å²) >= 11 is 0. The van der Waals surface area contributed by atoms with Gasteiger partial charge in [0, 0.05) is 45.5 Å². The number of aryl methyl sites for hydroxylation is 2. The quantitative estimate of drug-likeness (QED) is 0.572. The van der Waals surface area contributed by atoms with Gasteiger partial charge < -0.3 is 24.6 Å². The lowest BCUT2D eigenvalue weighted by atomic mass is 10.2. The molecule has 1 atom stereocenters. The maximum atomic E-state index is 13.0. The van der Waals surface area contributed by atoms with Crippen molar-refractivity contribution in [2.24, 2.45) is 7.05 Å². The van der Waals surface area contributed by atoms with Gasteiger partial charge in [0.25, 0.3) is 5.91 Å². The first-order valence-corrected chi connectivity index (χ1v) is 11.4. The van der Waals surface area contributed by atoms with Gasteiger partial charge in [-0.1, -0.05) is 0 Å². The summed E-state index contributed by atoms with van der Waals surface area (Å²) in [4.78, 5) is 52.8. The van der Waals surface area contributed by atoms with Crippen LogP contribution in [0.3, 0.4) is 0 Å². The highest BCUT2D eigenvalue weighted by Gasteiger charge is 2.29. The first kappa shape index (κ1) is 25.7. The number of rotatable bonds is 7. The third kappa shape index (κ3) is 5.78. The number of carbonyl (C=O) groups is 4. The largest absolute Gasteiger partial charge is 0.461 e. The first-order valence-electron chi connectivity index (χ1n) is 11.4. The molecule has 3 heterocycles. The molecule has 0 spiro atoms. The van der Waals surface area contributed by atoms with Gasteiger partial charge in [0.1, 0.15) is 11.7 Å². The molecular formula is C22H31N7O6. The number of aromatic nitrogens is 4. The van der Waals surface area contributed by atoms with Crippen LogP contribution in [-0.2, 0) is 21.3 Å². The number of carbonyl (C=O) groups excluding carboxylic acids is 4. The Balaban J connectivity index is 1.63. The van der Waals surface area contributed by atoms with Crippen LogP contribution in [0.2, 0.25) is 0 Å². The molecule has 2 aromatic rings. The summed E-state index contributed by atoms with van der Waals surface area (Å²) in [5.41, 5.74) is 1.15. The van der Waals surface area contributed by atoms with E-state index in [4.69, 9.17) is 9.47 Å². The van der Waals surface area contributed by atoms with E-state index in [-0.39, 0.29) is 30.0 Å². The third-order valence-corrected chi connectivity index (χ3v) is 5.63. The number of nitrogens with zero attached hydrogens (tertiary/aromatic N) is 6. The normalized spacial score (nSPS) is 14.4. The van der Waals surface area contributed by atoms with Gasteiger partial charge in [0.05, 0.1) is 24.6 Å². The maximum absolute atomic E-state index is 13.0. The molecule has 190 valence electrons. The van der Waals surface area contributed by atoms with Crippen molar-refractivity contribution in [2.75, 3.05) is 44.7 Å². The topological polar surface area (TPSA) is 141 Å². The average Bonchev–Trinajstić information content (AvgIpc) is 3.41. The fraction of sp³-hybridized carbons (Fsp3) is 0.545. The van der Waals surface area contributed by atoms with E-state index in [0.717, 1.165) is 0 Å². The van der Waals surface area contributed by atoms with Crippen LogP contribution < -0.4 is 5.32 Å². The molecule has 3 amide bonds. The summed E-state index contributed by atoms with van der Waals surface area (Å²) in [7, 11) is 1.55. The Morgan fingerprint density at radius 2 is 1.66 bits per heavy atom. The highest BCUT2D eigenvalue weighted by molar-refractivity contribution is 6.04. The number of nitrogens with one attached hydrogen (secondary N) is 1. The van der Waals surface area contributed by atoms with Crippen LogP contribution in [-0.4, -0.2) is 92.6 Å². The average molecular weight is 490 g/mol. The number of hydrogen-bond donors (Lipinski definition) is 1. The van der Waals surface area contributed by atoms with E-state index in [9.17, 15) is 19.2 Å². The van der Waals surface area contributed by atoms with E-state index in [1.54, 1.807) is 50.7 Å². The molecule has 35 heavy (non-hydrogen) atoms. The first-order chi connectivity index (χ1) is 16.7. The van der Waals surface area contributed by atoms with Gasteiger partial charge >= 0.3 is 12.1 Å². The number of piperazine rings is 1. The molecule has 3 rings (SSSR count). The molecule has 1 N–H and O–H groups in total. The monoisotopic (exact) mass is 489 g/mol. The highest BCUT2D eigenvalue weighted by atomic mass is 16.6. The van der Waals surface area contributed by atoms with E-state index in [1.807, 2.05) is 0 Å². The van der Waals surface area contributed by atoms with Crippen molar-refractivity contribution in [1.29, 1.82) is 0 Å².